The number of carbonyl (C=O) groups is 1. The number of benzene rings is 1. The summed E-state index contributed by atoms with van der Waals surface area (Å²) in [4.78, 5) is 11.2. The average Bonchev–Trinajstić information content (AvgIpc) is 2.18. The molecule has 0 radical (unpaired) electrons. The Balaban J connectivity index is 2.60. The van der Waals surface area contributed by atoms with Crippen LogP contribution < -0.4 is 5.32 Å². The van der Waals surface area contributed by atoms with Crippen LogP contribution in [-0.2, 0) is 4.74 Å². The zero-order valence-corrected chi connectivity index (χ0v) is 10.4. The SMILES string of the molecule is CCOC(=O)N[C@@H](C)c1cccc(Br)c1. The number of rotatable bonds is 3. The lowest BCUT2D eigenvalue weighted by atomic mass is 10.1. The Bertz CT molecular complexity index is 341. The van der Waals surface area contributed by atoms with Gasteiger partial charge in [-0.2, -0.15) is 0 Å². The molecule has 3 nitrogen and oxygen atoms in total. The summed E-state index contributed by atoms with van der Waals surface area (Å²) in [6.07, 6.45) is -0.384. The molecule has 0 aliphatic carbocycles. The van der Waals surface area contributed by atoms with Crippen molar-refractivity contribution >= 4 is 22.0 Å². The zero-order valence-electron chi connectivity index (χ0n) is 8.79. The first-order valence-corrected chi connectivity index (χ1v) is 5.61. The molecule has 1 atom stereocenters. The molecule has 1 rings (SSSR count). The van der Waals surface area contributed by atoms with Crippen molar-refractivity contribution in [2.24, 2.45) is 0 Å². The smallest absolute Gasteiger partial charge is 0.407 e. The molecule has 0 unspecified atom stereocenters. The Morgan fingerprint density at radius 1 is 1.60 bits per heavy atom. The van der Waals surface area contributed by atoms with E-state index in [1.54, 1.807) is 6.92 Å². The van der Waals surface area contributed by atoms with Crippen LogP contribution in [0.15, 0.2) is 28.7 Å². The summed E-state index contributed by atoms with van der Waals surface area (Å²) < 4.78 is 5.80. The molecule has 1 aromatic carbocycles. The van der Waals surface area contributed by atoms with Crippen LogP contribution in [-0.4, -0.2) is 12.7 Å². The Morgan fingerprint density at radius 2 is 2.33 bits per heavy atom. The van der Waals surface area contributed by atoms with E-state index in [9.17, 15) is 4.79 Å². The van der Waals surface area contributed by atoms with E-state index in [-0.39, 0.29) is 12.1 Å². The van der Waals surface area contributed by atoms with Crippen molar-refractivity contribution in [2.45, 2.75) is 19.9 Å². The first kappa shape index (κ1) is 12.0. The summed E-state index contributed by atoms with van der Waals surface area (Å²) in [7, 11) is 0. The molecule has 0 spiro atoms. The lowest BCUT2D eigenvalue weighted by Gasteiger charge is -2.13. The van der Waals surface area contributed by atoms with Gasteiger partial charge in [-0.1, -0.05) is 28.1 Å². The molecular formula is C11H14BrNO2. The quantitative estimate of drug-likeness (QED) is 0.917. The average molecular weight is 272 g/mol. The monoisotopic (exact) mass is 271 g/mol. The van der Waals surface area contributed by atoms with Crippen LogP contribution in [0.5, 0.6) is 0 Å². The molecule has 15 heavy (non-hydrogen) atoms. The van der Waals surface area contributed by atoms with Crippen LogP contribution in [0.4, 0.5) is 4.79 Å². The van der Waals surface area contributed by atoms with Gasteiger partial charge in [0, 0.05) is 4.47 Å². The molecule has 0 bridgehead atoms. The van der Waals surface area contributed by atoms with E-state index in [1.807, 2.05) is 31.2 Å². The van der Waals surface area contributed by atoms with Gasteiger partial charge >= 0.3 is 6.09 Å². The van der Waals surface area contributed by atoms with Gasteiger partial charge in [-0.05, 0) is 31.5 Å². The highest BCUT2D eigenvalue weighted by Gasteiger charge is 2.09. The Kier molecular flexibility index (Phi) is 4.62. The predicted molar refractivity (Wildman–Crippen MR) is 62.7 cm³/mol. The van der Waals surface area contributed by atoms with E-state index in [1.165, 1.54) is 0 Å². The molecule has 0 aliphatic rings. The summed E-state index contributed by atoms with van der Waals surface area (Å²) >= 11 is 3.38. The first-order valence-electron chi connectivity index (χ1n) is 4.82. The van der Waals surface area contributed by atoms with Crippen molar-refractivity contribution in [1.82, 2.24) is 5.32 Å². The van der Waals surface area contributed by atoms with Crippen LogP contribution in [0.25, 0.3) is 0 Å². The van der Waals surface area contributed by atoms with Gasteiger partial charge in [0.2, 0.25) is 0 Å². The highest BCUT2D eigenvalue weighted by Crippen LogP contribution is 2.17. The van der Waals surface area contributed by atoms with Gasteiger partial charge < -0.3 is 10.1 Å². The minimum Gasteiger partial charge on any atom is -0.450 e. The largest absolute Gasteiger partial charge is 0.450 e. The first-order chi connectivity index (χ1) is 7.13. The minimum absolute atomic E-state index is 0.0541. The van der Waals surface area contributed by atoms with Crippen molar-refractivity contribution in [3.63, 3.8) is 0 Å². The van der Waals surface area contributed by atoms with E-state index in [2.05, 4.69) is 21.2 Å². The van der Waals surface area contributed by atoms with Gasteiger partial charge in [-0.3, -0.25) is 0 Å². The van der Waals surface area contributed by atoms with Crippen molar-refractivity contribution < 1.29 is 9.53 Å². The van der Waals surface area contributed by atoms with E-state index in [4.69, 9.17) is 4.74 Å². The highest BCUT2D eigenvalue weighted by atomic mass is 79.9. The van der Waals surface area contributed by atoms with Crippen LogP contribution in [0.1, 0.15) is 25.5 Å². The standard InChI is InChI=1S/C11H14BrNO2/c1-3-15-11(14)13-8(2)9-5-4-6-10(12)7-9/h4-8H,3H2,1-2H3,(H,13,14)/t8-/m0/s1. The third kappa shape index (κ3) is 3.91. The molecule has 0 aliphatic heterocycles. The van der Waals surface area contributed by atoms with Crippen molar-refractivity contribution in [1.29, 1.82) is 0 Å². The normalized spacial score (nSPS) is 11.9. The number of halogens is 1. The molecule has 0 heterocycles. The van der Waals surface area contributed by atoms with Crippen LogP contribution in [0.3, 0.4) is 0 Å². The van der Waals surface area contributed by atoms with E-state index >= 15 is 0 Å². The lowest BCUT2D eigenvalue weighted by molar-refractivity contribution is 0.149. The summed E-state index contributed by atoms with van der Waals surface area (Å²) in [6, 6.07) is 7.75. The Hall–Kier alpha value is -1.03. The second kappa shape index (κ2) is 5.75. The van der Waals surface area contributed by atoms with E-state index in [0.717, 1.165) is 10.0 Å². The number of hydrogen-bond donors (Lipinski definition) is 1. The van der Waals surface area contributed by atoms with Gasteiger partial charge in [0.05, 0.1) is 12.6 Å². The molecule has 0 aromatic heterocycles. The van der Waals surface area contributed by atoms with Gasteiger partial charge in [0.15, 0.2) is 0 Å². The van der Waals surface area contributed by atoms with Crippen LogP contribution >= 0.6 is 15.9 Å². The molecule has 0 saturated heterocycles. The fraction of sp³-hybridized carbons (Fsp3) is 0.364. The van der Waals surface area contributed by atoms with Gasteiger partial charge in [0.25, 0.3) is 0 Å². The second-order valence-electron chi connectivity index (χ2n) is 3.14. The maximum absolute atomic E-state index is 11.2. The van der Waals surface area contributed by atoms with Crippen molar-refractivity contribution in [3.8, 4) is 0 Å². The predicted octanol–water partition coefficient (Wildman–Crippen LogP) is 3.26. The van der Waals surface area contributed by atoms with Crippen molar-refractivity contribution in [3.05, 3.63) is 34.3 Å². The maximum Gasteiger partial charge on any atom is 0.407 e. The molecule has 1 aromatic rings. The number of hydrogen-bond acceptors (Lipinski definition) is 2. The third-order valence-corrected chi connectivity index (χ3v) is 2.45. The molecule has 4 heteroatoms. The van der Waals surface area contributed by atoms with Crippen LogP contribution in [0, 0.1) is 0 Å². The summed E-state index contributed by atoms with van der Waals surface area (Å²) in [5, 5.41) is 2.74. The molecule has 82 valence electrons. The fourth-order valence-corrected chi connectivity index (χ4v) is 1.63. The number of alkyl carbamates (subject to hydrolysis) is 1. The number of ether oxygens (including phenoxy) is 1. The number of nitrogens with one attached hydrogen (secondary N) is 1. The molecule has 0 saturated carbocycles. The summed E-state index contributed by atoms with van der Waals surface area (Å²) in [6.45, 7) is 4.08. The van der Waals surface area contributed by atoms with Gasteiger partial charge in [0.1, 0.15) is 0 Å². The molecule has 1 N–H and O–H groups in total. The zero-order chi connectivity index (χ0) is 11.3. The molecule has 0 fully saturated rings. The third-order valence-electron chi connectivity index (χ3n) is 1.96. The van der Waals surface area contributed by atoms with Gasteiger partial charge in [-0.25, -0.2) is 4.79 Å². The molecule has 1 amide bonds. The number of carbonyl (C=O) groups excluding carboxylic acids is 1. The maximum atomic E-state index is 11.2. The van der Waals surface area contributed by atoms with E-state index in [0.29, 0.717) is 6.61 Å². The fourth-order valence-electron chi connectivity index (χ4n) is 1.21. The second-order valence-corrected chi connectivity index (χ2v) is 4.06. The Labute approximate surface area is 97.9 Å². The van der Waals surface area contributed by atoms with Crippen molar-refractivity contribution in [2.75, 3.05) is 6.61 Å². The van der Waals surface area contributed by atoms with Gasteiger partial charge in [-0.15, -0.1) is 0 Å². The minimum atomic E-state index is -0.384. The number of amides is 1. The topological polar surface area (TPSA) is 38.3 Å². The summed E-state index contributed by atoms with van der Waals surface area (Å²) in [5.41, 5.74) is 1.04. The van der Waals surface area contributed by atoms with Crippen LogP contribution in [0.2, 0.25) is 0 Å². The lowest BCUT2D eigenvalue weighted by Crippen LogP contribution is -2.27. The Morgan fingerprint density at radius 3 is 2.93 bits per heavy atom. The van der Waals surface area contributed by atoms with E-state index < -0.39 is 0 Å². The summed E-state index contributed by atoms with van der Waals surface area (Å²) in [5.74, 6) is 0. The molecular weight excluding hydrogens is 258 g/mol. The highest BCUT2D eigenvalue weighted by molar-refractivity contribution is 9.10.